The topological polar surface area (TPSA) is 98.8 Å². The van der Waals surface area contributed by atoms with Gasteiger partial charge in [0.15, 0.2) is 17.7 Å². The second kappa shape index (κ2) is 6.55. The Morgan fingerprint density at radius 2 is 2.08 bits per heavy atom. The summed E-state index contributed by atoms with van der Waals surface area (Å²) in [4.78, 5) is 28.0. The maximum absolute atomic E-state index is 12.1. The van der Waals surface area contributed by atoms with Gasteiger partial charge in [0.25, 0.3) is 5.91 Å². The lowest BCUT2D eigenvalue weighted by Crippen LogP contribution is -2.40. The Balaban J connectivity index is 1.79. The van der Waals surface area contributed by atoms with Gasteiger partial charge in [-0.25, -0.2) is 4.79 Å². The summed E-state index contributed by atoms with van der Waals surface area (Å²) in [6.07, 6.45) is 2.17. The van der Waals surface area contributed by atoms with Crippen molar-refractivity contribution in [3.8, 4) is 11.5 Å². The normalized spacial score (nSPS) is 15.4. The van der Waals surface area contributed by atoms with Crippen molar-refractivity contribution in [2.24, 2.45) is 0 Å². The van der Waals surface area contributed by atoms with E-state index in [1.54, 1.807) is 30.5 Å². The fraction of sp³-hybridized carbons (Fsp3) is 0.188. The van der Waals surface area contributed by atoms with E-state index in [1.165, 1.54) is 20.4 Å². The number of amides is 1. The van der Waals surface area contributed by atoms with Crippen LogP contribution in [0.2, 0.25) is 0 Å². The van der Waals surface area contributed by atoms with Gasteiger partial charge in [-0.2, -0.15) is 5.43 Å². The number of ether oxygens (including phenoxy) is 3. The fourth-order valence-corrected chi connectivity index (χ4v) is 2.41. The van der Waals surface area contributed by atoms with E-state index in [2.05, 4.69) is 15.8 Å². The lowest BCUT2D eigenvalue weighted by Gasteiger charge is -2.14. The minimum absolute atomic E-state index is 0.268. The molecule has 0 bridgehead atoms. The highest BCUT2D eigenvalue weighted by Crippen LogP contribution is 2.40. The molecule has 8 nitrogen and oxygen atoms in total. The second-order valence-electron chi connectivity index (χ2n) is 4.89. The molecule has 1 atom stereocenters. The lowest BCUT2D eigenvalue weighted by atomic mass is 10.1. The van der Waals surface area contributed by atoms with Crippen molar-refractivity contribution < 1.29 is 23.8 Å². The van der Waals surface area contributed by atoms with E-state index < -0.39 is 18.1 Å². The fourth-order valence-electron chi connectivity index (χ4n) is 2.41. The van der Waals surface area contributed by atoms with Crippen LogP contribution in [0.15, 0.2) is 36.7 Å². The predicted octanol–water partition coefficient (Wildman–Crippen LogP) is 1.20. The molecule has 3 rings (SSSR count). The first-order valence-electron chi connectivity index (χ1n) is 7.07. The first kappa shape index (κ1) is 15.8. The molecule has 0 radical (unpaired) electrons. The zero-order valence-electron chi connectivity index (χ0n) is 13.0. The number of esters is 1. The van der Waals surface area contributed by atoms with Gasteiger partial charge in [0.1, 0.15) is 5.56 Å². The summed E-state index contributed by atoms with van der Waals surface area (Å²) >= 11 is 0. The number of carbonyl (C=O) groups excluding carboxylic acids is 2. The van der Waals surface area contributed by atoms with Crippen molar-refractivity contribution in [3.05, 3.63) is 53.3 Å². The lowest BCUT2D eigenvalue weighted by molar-refractivity contribution is 0.0260. The number of benzene rings is 1. The summed E-state index contributed by atoms with van der Waals surface area (Å²) in [5.74, 6) is -0.238. The van der Waals surface area contributed by atoms with Gasteiger partial charge >= 0.3 is 5.97 Å². The average Bonchev–Trinajstić information content (AvgIpc) is 2.95. The smallest absolute Gasteiger partial charge is 0.344 e. The van der Waals surface area contributed by atoms with Crippen LogP contribution in [0.3, 0.4) is 0 Å². The molecule has 0 saturated heterocycles. The molecule has 0 aliphatic carbocycles. The Bertz CT molecular complexity index is 779. The van der Waals surface area contributed by atoms with Crippen LogP contribution in [0.4, 0.5) is 0 Å². The molecule has 124 valence electrons. The molecule has 1 aliphatic heterocycles. The number of methoxy groups -OCH3 is 2. The number of fused-ring (bicyclic) bond motifs is 1. The summed E-state index contributed by atoms with van der Waals surface area (Å²) in [7, 11) is 2.92. The second-order valence-corrected chi connectivity index (χ2v) is 4.89. The molecule has 1 aromatic carbocycles. The number of rotatable bonds is 5. The largest absolute Gasteiger partial charge is 0.493 e. The first-order chi connectivity index (χ1) is 11.7. The number of aromatic nitrogens is 1. The van der Waals surface area contributed by atoms with Gasteiger partial charge < -0.3 is 14.2 Å². The van der Waals surface area contributed by atoms with Crippen LogP contribution >= 0.6 is 0 Å². The van der Waals surface area contributed by atoms with Gasteiger partial charge in [0, 0.05) is 18.0 Å². The Morgan fingerprint density at radius 3 is 2.75 bits per heavy atom. The highest BCUT2D eigenvalue weighted by molar-refractivity contribution is 5.98. The molecular formula is C16H15N3O5. The summed E-state index contributed by atoms with van der Waals surface area (Å²) in [5.41, 5.74) is 6.37. The molecule has 8 heteroatoms. The number of pyridine rings is 1. The van der Waals surface area contributed by atoms with Crippen molar-refractivity contribution in [2.75, 3.05) is 14.2 Å². The van der Waals surface area contributed by atoms with E-state index >= 15 is 0 Å². The van der Waals surface area contributed by atoms with E-state index in [1.807, 2.05) is 0 Å². The maximum Gasteiger partial charge on any atom is 0.344 e. The number of hydrazine groups is 1. The number of nitrogens with one attached hydrogen (secondary N) is 2. The SMILES string of the molecule is COc1ccc2c(c1OC)C(=O)O[C@@H]2NNC(=O)c1cccnc1. The quantitative estimate of drug-likeness (QED) is 0.628. The molecular weight excluding hydrogens is 314 g/mol. The van der Waals surface area contributed by atoms with E-state index in [9.17, 15) is 9.59 Å². The molecule has 24 heavy (non-hydrogen) atoms. The van der Waals surface area contributed by atoms with Crippen molar-refractivity contribution in [1.82, 2.24) is 15.8 Å². The highest BCUT2D eigenvalue weighted by atomic mass is 16.6. The van der Waals surface area contributed by atoms with Gasteiger partial charge in [0.2, 0.25) is 0 Å². The van der Waals surface area contributed by atoms with Crippen molar-refractivity contribution in [3.63, 3.8) is 0 Å². The Hall–Kier alpha value is -3.13. The van der Waals surface area contributed by atoms with Crippen LogP contribution in [0.25, 0.3) is 0 Å². The van der Waals surface area contributed by atoms with Crippen LogP contribution in [0.1, 0.15) is 32.5 Å². The number of nitrogens with zero attached hydrogens (tertiary/aromatic N) is 1. The van der Waals surface area contributed by atoms with E-state index in [4.69, 9.17) is 14.2 Å². The van der Waals surface area contributed by atoms with Crippen LogP contribution in [-0.4, -0.2) is 31.1 Å². The molecule has 1 amide bonds. The Kier molecular flexibility index (Phi) is 4.30. The minimum atomic E-state index is -0.826. The molecule has 0 fully saturated rings. The molecule has 1 aliphatic rings. The Morgan fingerprint density at radius 1 is 1.25 bits per heavy atom. The highest BCUT2D eigenvalue weighted by Gasteiger charge is 2.36. The van der Waals surface area contributed by atoms with Crippen molar-refractivity contribution in [1.29, 1.82) is 0 Å². The van der Waals surface area contributed by atoms with Crippen LogP contribution in [0.5, 0.6) is 11.5 Å². The van der Waals surface area contributed by atoms with Crippen LogP contribution in [0, 0.1) is 0 Å². The minimum Gasteiger partial charge on any atom is -0.493 e. The molecule has 0 spiro atoms. The van der Waals surface area contributed by atoms with E-state index in [0.717, 1.165) is 0 Å². The molecule has 0 unspecified atom stereocenters. The molecule has 2 aromatic rings. The summed E-state index contributed by atoms with van der Waals surface area (Å²) in [6, 6.07) is 6.61. The summed E-state index contributed by atoms with van der Waals surface area (Å²) in [5, 5.41) is 0. The van der Waals surface area contributed by atoms with Gasteiger partial charge in [-0.1, -0.05) is 0 Å². The Labute approximate surface area is 137 Å². The van der Waals surface area contributed by atoms with Crippen LogP contribution in [-0.2, 0) is 4.74 Å². The monoisotopic (exact) mass is 329 g/mol. The summed E-state index contributed by atoms with van der Waals surface area (Å²) < 4.78 is 15.7. The molecule has 2 heterocycles. The number of hydrogen-bond acceptors (Lipinski definition) is 7. The standard InChI is InChI=1S/C16H15N3O5/c1-22-11-6-5-10-12(13(11)23-2)16(21)24-15(10)19-18-14(20)9-4-3-7-17-8-9/h3-8,15,19H,1-2H3,(H,18,20)/t15-/m0/s1. The van der Waals surface area contributed by atoms with Gasteiger partial charge in [0.05, 0.1) is 19.8 Å². The van der Waals surface area contributed by atoms with Gasteiger partial charge in [-0.15, -0.1) is 0 Å². The zero-order chi connectivity index (χ0) is 17.1. The molecule has 1 aromatic heterocycles. The summed E-state index contributed by atoms with van der Waals surface area (Å²) in [6.45, 7) is 0. The predicted molar refractivity (Wildman–Crippen MR) is 82.5 cm³/mol. The number of hydrogen-bond donors (Lipinski definition) is 2. The van der Waals surface area contributed by atoms with Crippen molar-refractivity contribution >= 4 is 11.9 Å². The van der Waals surface area contributed by atoms with Crippen molar-refractivity contribution in [2.45, 2.75) is 6.23 Å². The van der Waals surface area contributed by atoms with E-state index in [0.29, 0.717) is 22.6 Å². The van der Waals surface area contributed by atoms with Gasteiger partial charge in [-0.05, 0) is 24.3 Å². The van der Waals surface area contributed by atoms with Crippen LogP contribution < -0.4 is 20.3 Å². The first-order valence-corrected chi connectivity index (χ1v) is 7.07. The average molecular weight is 329 g/mol. The zero-order valence-corrected chi connectivity index (χ0v) is 13.0. The van der Waals surface area contributed by atoms with E-state index in [-0.39, 0.29) is 5.56 Å². The third-order valence-electron chi connectivity index (χ3n) is 3.53. The number of carbonyl (C=O) groups is 2. The number of cyclic esters (lactones) is 1. The van der Waals surface area contributed by atoms with Gasteiger partial charge in [-0.3, -0.25) is 15.2 Å². The molecule has 0 saturated carbocycles. The third kappa shape index (κ3) is 2.74. The molecule has 2 N–H and O–H groups in total. The third-order valence-corrected chi connectivity index (χ3v) is 3.53. The maximum atomic E-state index is 12.1.